The highest BCUT2D eigenvalue weighted by Crippen LogP contribution is 2.23. The first-order valence-electron chi connectivity index (χ1n) is 10.4. The normalized spacial score (nSPS) is 16.2. The predicted octanol–water partition coefficient (Wildman–Crippen LogP) is 3.29. The molecule has 3 heterocycles. The van der Waals surface area contributed by atoms with Gasteiger partial charge in [0.25, 0.3) is 5.91 Å². The number of hydrogen-bond donors (Lipinski definition) is 1. The van der Waals surface area contributed by atoms with Crippen molar-refractivity contribution in [3.05, 3.63) is 35.8 Å². The quantitative estimate of drug-likeness (QED) is 0.752. The minimum atomic E-state index is -0.208. The number of amides is 1. The summed E-state index contributed by atoms with van der Waals surface area (Å²) in [6.07, 6.45) is 4.43. The topological polar surface area (TPSA) is 76.2 Å². The Bertz CT molecular complexity index is 751. The van der Waals surface area contributed by atoms with E-state index in [2.05, 4.69) is 52.7 Å². The Kier molecular flexibility index (Phi) is 6.88. The number of nitrogens with one attached hydrogen (secondary N) is 1. The first-order chi connectivity index (χ1) is 13.4. The van der Waals surface area contributed by atoms with Crippen LogP contribution in [0.15, 0.2) is 22.8 Å². The predicted molar refractivity (Wildman–Crippen MR) is 108 cm³/mol. The van der Waals surface area contributed by atoms with Crippen LogP contribution in [0.1, 0.15) is 68.8 Å². The van der Waals surface area contributed by atoms with Crippen LogP contribution in [0.5, 0.6) is 0 Å². The number of rotatable bonds is 8. The summed E-state index contributed by atoms with van der Waals surface area (Å²) in [6.45, 7) is 12.8. The number of furan rings is 1. The first-order valence-corrected chi connectivity index (χ1v) is 10.4. The summed E-state index contributed by atoms with van der Waals surface area (Å²) in [6, 6.07) is 3.22. The molecule has 0 saturated carbocycles. The average molecular weight is 388 g/mol. The van der Waals surface area contributed by atoms with E-state index >= 15 is 0 Å². The Hall–Kier alpha value is -2.15. The smallest absolute Gasteiger partial charge is 0.287 e. The van der Waals surface area contributed by atoms with Gasteiger partial charge in [0.2, 0.25) is 0 Å². The van der Waals surface area contributed by atoms with E-state index in [1.165, 1.54) is 12.7 Å². The zero-order chi connectivity index (χ0) is 20.1. The van der Waals surface area contributed by atoms with Crippen molar-refractivity contribution in [2.24, 2.45) is 11.8 Å². The molecule has 7 heteroatoms. The molecule has 154 valence electrons. The van der Waals surface area contributed by atoms with Gasteiger partial charge in [-0.05, 0) is 43.4 Å². The van der Waals surface area contributed by atoms with Crippen molar-refractivity contribution in [2.75, 3.05) is 19.6 Å². The maximum Gasteiger partial charge on any atom is 0.287 e. The van der Waals surface area contributed by atoms with Crippen LogP contribution >= 0.6 is 0 Å². The third-order valence-corrected chi connectivity index (χ3v) is 5.24. The van der Waals surface area contributed by atoms with Gasteiger partial charge in [-0.3, -0.25) is 4.79 Å². The second kappa shape index (κ2) is 9.37. The summed E-state index contributed by atoms with van der Waals surface area (Å²) in [5, 5.41) is 12.0. The van der Waals surface area contributed by atoms with Gasteiger partial charge in [-0.15, -0.1) is 10.2 Å². The van der Waals surface area contributed by atoms with Crippen LogP contribution < -0.4 is 5.32 Å². The Balaban J connectivity index is 1.74. The van der Waals surface area contributed by atoms with E-state index in [9.17, 15) is 4.79 Å². The van der Waals surface area contributed by atoms with Crippen LogP contribution in [0.4, 0.5) is 0 Å². The monoisotopic (exact) mass is 387 g/mol. The van der Waals surface area contributed by atoms with Crippen molar-refractivity contribution in [2.45, 2.75) is 59.5 Å². The first kappa shape index (κ1) is 20.6. The van der Waals surface area contributed by atoms with Gasteiger partial charge >= 0.3 is 0 Å². The lowest BCUT2D eigenvalue weighted by atomic mass is 10.0. The lowest BCUT2D eigenvalue weighted by Gasteiger charge is -2.22. The fourth-order valence-corrected chi connectivity index (χ4v) is 3.65. The highest BCUT2D eigenvalue weighted by Gasteiger charge is 2.26. The van der Waals surface area contributed by atoms with Crippen molar-refractivity contribution in [3.63, 3.8) is 0 Å². The van der Waals surface area contributed by atoms with Crippen molar-refractivity contribution in [1.29, 1.82) is 0 Å². The fraction of sp³-hybridized carbons (Fsp3) is 0.667. The number of hydrogen-bond acceptors (Lipinski definition) is 5. The zero-order valence-electron chi connectivity index (χ0n) is 17.5. The lowest BCUT2D eigenvalue weighted by molar-refractivity contribution is 0.0900. The molecule has 1 aliphatic rings. The molecule has 2 aromatic heterocycles. The van der Waals surface area contributed by atoms with Crippen molar-refractivity contribution < 1.29 is 9.21 Å². The van der Waals surface area contributed by atoms with Gasteiger partial charge in [-0.25, -0.2) is 0 Å². The van der Waals surface area contributed by atoms with Crippen LogP contribution in [0.25, 0.3) is 0 Å². The van der Waals surface area contributed by atoms with Gasteiger partial charge in [0, 0.05) is 26.1 Å². The van der Waals surface area contributed by atoms with Crippen LogP contribution in [0, 0.1) is 11.8 Å². The summed E-state index contributed by atoms with van der Waals surface area (Å²) >= 11 is 0. The summed E-state index contributed by atoms with van der Waals surface area (Å²) in [5.74, 6) is 3.12. The number of fused-ring (bicyclic) bond motifs is 1. The minimum Gasteiger partial charge on any atom is -0.459 e. The van der Waals surface area contributed by atoms with Gasteiger partial charge in [0.05, 0.1) is 12.3 Å². The second-order valence-electron chi connectivity index (χ2n) is 8.53. The standard InChI is InChI=1S/C21H33N5O2/c1-15(2)7-9-25-10-8-19-23-24-20(26(19)12-11-25)17(14-16(3)4)22-21(27)18-6-5-13-28-18/h5-6,13,15-17H,7-12,14H2,1-4H3,(H,22,27)/t17-/m1/s1. The van der Waals surface area contributed by atoms with Gasteiger partial charge in [-0.1, -0.05) is 27.7 Å². The van der Waals surface area contributed by atoms with Gasteiger partial charge < -0.3 is 19.2 Å². The molecule has 0 aromatic carbocycles. The van der Waals surface area contributed by atoms with E-state index in [1.54, 1.807) is 12.1 Å². The number of nitrogens with zero attached hydrogens (tertiary/aromatic N) is 4. The van der Waals surface area contributed by atoms with Gasteiger partial charge in [0.1, 0.15) is 5.82 Å². The molecule has 0 unspecified atom stereocenters. The highest BCUT2D eigenvalue weighted by atomic mass is 16.3. The lowest BCUT2D eigenvalue weighted by Crippen LogP contribution is -2.32. The molecule has 1 N–H and O–H groups in total. The van der Waals surface area contributed by atoms with Gasteiger partial charge in [-0.2, -0.15) is 0 Å². The average Bonchev–Trinajstić information content (AvgIpc) is 3.26. The SMILES string of the molecule is CC(C)CCN1CCc2nnc([C@@H](CC(C)C)NC(=O)c3ccco3)n2CC1. The van der Waals surface area contributed by atoms with Crippen molar-refractivity contribution in [1.82, 2.24) is 25.0 Å². The van der Waals surface area contributed by atoms with E-state index in [0.717, 1.165) is 50.7 Å². The fourth-order valence-electron chi connectivity index (χ4n) is 3.65. The van der Waals surface area contributed by atoms with E-state index in [0.29, 0.717) is 17.6 Å². The summed E-state index contributed by atoms with van der Waals surface area (Å²) in [4.78, 5) is 15.1. The largest absolute Gasteiger partial charge is 0.459 e. The third-order valence-electron chi connectivity index (χ3n) is 5.24. The summed E-state index contributed by atoms with van der Waals surface area (Å²) in [7, 11) is 0. The Labute approximate surface area is 167 Å². The molecule has 28 heavy (non-hydrogen) atoms. The Morgan fingerprint density at radius 1 is 1.18 bits per heavy atom. The second-order valence-corrected chi connectivity index (χ2v) is 8.53. The third kappa shape index (κ3) is 5.22. The number of carbonyl (C=O) groups is 1. The molecular formula is C21H33N5O2. The molecule has 0 fully saturated rings. The molecule has 7 nitrogen and oxygen atoms in total. The molecule has 1 amide bonds. The maximum absolute atomic E-state index is 12.6. The van der Waals surface area contributed by atoms with Crippen LogP contribution in [0.3, 0.4) is 0 Å². The van der Waals surface area contributed by atoms with Crippen LogP contribution in [0.2, 0.25) is 0 Å². The Morgan fingerprint density at radius 3 is 2.68 bits per heavy atom. The molecule has 0 spiro atoms. The zero-order valence-corrected chi connectivity index (χ0v) is 17.5. The molecule has 1 atom stereocenters. The molecule has 2 aromatic rings. The molecule has 0 bridgehead atoms. The molecule has 0 saturated heterocycles. The summed E-state index contributed by atoms with van der Waals surface area (Å²) in [5.41, 5.74) is 0. The Morgan fingerprint density at radius 2 is 2.00 bits per heavy atom. The molecule has 0 aliphatic carbocycles. The van der Waals surface area contributed by atoms with E-state index in [4.69, 9.17) is 4.42 Å². The van der Waals surface area contributed by atoms with E-state index in [1.807, 2.05) is 0 Å². The molecule has 1 aliphatic heterocycles. The van der Waals surface area contributed by atoms with E-state index < -0.39 is 0 Å². The summed E-state index contributed by atoms with van der Waals surface area (Å²) < 4.78 is 7.46. The molecule has 0 radical (unpaired) electrons. The number of aromatic nitrogens is 3. The molecular weight excluding hydrogens is 354 g/mol. The molecule has 3 rings (SSSR count). The van der Waals surface area contributed by atoms with E-state index in [-0.39, 0.29) is 11.9 Å². The van der Waals surface area contributed by atoms with Crippen LogP contribution in [-0.4, -0.2) is 45.2 Å². The van der Waals surface area contributed by atoms with Gasteiger partial charge in [0.15, 0.2) is 11.6 Å². The highest BCUT2D eigenvalue weighted by molar-refractivity contribution is 5.91. The number of carbonyl (C=O) groups excluding carboxylic acids is 1. The minimum absolute atomic E-state index is 0.180. The van der Waals surface area contributed by atoms with Crippen molar-refractivity contribution in [3.8, 4) is 0 Å². The van der Waals surface area contributed by atoms with Crippen LogP contribution in [-0.2, 0) is 13.0 Å². The maximum atomic E-state index is 12.6. The van der Waals surface area contributed by atoms with Crippen molar-refractivity contribution >= 4 is 5.91 Å².